The summed E-state index contributed by atoms with van der Waals surface area (Å²) in [7, 11) is 1.91. The average molecular weight is 341 g/mol. The van der Waals surface area contributed by atoms with Gasteiger partial charge in [-0.3, -0.25) is 9.59 Å². The van der Waals surface area contributed by atoms with Gasteiger partial charge < -0.3 is 15.3 Å². The van der Waals surface area contributed by atoms with Crippen LogP contribution in [0, 0.1) is 0 Å². The molecule has 1 aromatic heterocycles. The van der Waals surface area contributed by atoms with E-state index in [0.717, 1.165) is 11.5 Å². The Morgan fingerprint density at radius 1 is 1.16 bits per heavy atom. The number of anilines is 2. The number of benzene rings is 1. The Morgan fingerprint density at radius 2 is 1.84 bits per heavy atom. The number of carbonyl (C=O) groups is 2. The Morgan fingerprint density at radius 3 is 2.40 bits per heavy atom. The van der Waals surface area contributed by atoms with Crippen molar-refractivity contribution in [3.8, 4) is 0 Å². The molecule has 0 unspecified atom stereocenters. The van der Waals surface area contributed by atoms with Crippen LogP contribution in [0.15, 0.2) is 48.7 Å². The Bertz CT molecular complexity index is 727. The highest BCUT2D eigenvalue weighted by Gasteiger charge is 2.22. The quantitative estimate of drug-likeness (QED) is 0.808. The Kier molecular flexibility index (Phi) is 5.75. The maximum Gasteiger partial charge on any atom is 0.303 e. The normalized spacial score (nSPS) is 11.0. The van der Waals surface area contributed by atoms with E-state index in [-0.39, 0.29) is 12.3 Å². The van der Waals surface area contributed by atoms with Gasteiger partial charge in [0.1, 0.15) is 5.82 Å². The van der Waals surface area contributed by atoms with Gasteiger partial charge in [0.05, 0.1) is 5.56 Å². The first-order valence-corrected chi connectivity index (χ1v) is 8.08. The average Bonchev–Trinajstić information content (AvgIpc) is 2.60. The van der Waals surface area contributed by atoms with Gasteiger partial charge in [-0.2, -0.15) is 0 Å². The number of carboxylic acid groups (broad SMARTS) is 1. The number of hydrogen-bond donors (Lipinski definition) is 2. The predicted octanol–water partition coefficient (Wildman–Crippen LogP) is 3.22. The zero-order chi connectivity index (χ0) is 18.4. The van der Waals surface area contributed by atoms with Crippen LogP contribution in [0.25, 0.3) is 0 Å². The molecule has 0 saturated heterocycles. The van der Waals surface area contributed by atoms with E-state index in [1.807, 2.05) is 42.3 Å². The van der Waals surface area contributed by atoms with Crippen molar-refractivity contribution in [2.45, 2.75) is 32.2 Å². The van der Waals surface area contributed by atoms with Crippen molar-refractivity contribution < 1.29 is 14.7 Å². The lowest BCUT2D eigenvalue weighted by atomic mass is 9.98. The molecule has 2 rings (SSSR count). The molecule has 25 heavy (non-hydrogen) atoms. The molecule has 1 aromatic carbocycles. The third-order valence-electron chi connectivity index (χ3n) is 3.91. The first kappa shape index (κ1) is 18.4. The summed E-state index contributed by atoms with van der Waals surface area (Å²) in [5.74, 6) is -0.415. The summed E-state index contributed by atoms with van der Waals surface area (Å²) >= 11 is 0. The number of carbonyl (C=O) groups excluding carboxylic acids is 1. The molecular weight excluding hydrogens is 318 g/mol. The van der Waals surface area contributed by atoms with Crippen molar-refractivity contribution in [3.05, 3.63) is 54.2 Å². The van der Waals surface area contributed by atoms with Gasteiger partial charge in [-0.05, 0) is 44.5 Å². The number of aliphatic carboxylic acids is 1. The minimum atomic E-state index is -0.878. The molecule has 2 aromatic rings. The number of carboxylic acids is 1. The van der Waals surface area contributed by atoms with Gasteiger partial charge in [0.15, 0.2) is 0 Å². The van der Waals surface area contributed by atoms with Crippen LogP contribution in [0.4, 0.5) is 11.5 Å². The van der Waals surface area contributed by atoms with Gasteiger partial charge >= 0.3 is 5.97 Å². The molecule has 0 aliphatic heterocycles. The van der Waals surface area contributed by atoms with E-state index in [1.54, 1.807) is 26.0 Å². The van der Waals surface area contributed by atoms with E-state index in [2.05, 4.69) is 10.3 Å². The van der Waals surface area contributed by atoms with E-state index in [0.29, 0.717) is 12.0 Å². The maximum absolute atomic E-state index is 12.3. The molecule has 0 spiro atoms. The molecule has 6 nitrogen and oxygen atoms in total. The third-order valence-corrected chi connectivity index (χ3v) is 3.91. The zero-order valence-corrected chi connectivity index (χ0v) is 14.7. The zero-order valence-electron chi connectivity index (χ0n) is 14.7. The summed E-state index contributed by atoms with van der Waals surface area (Å²) in [6, 6.07) is 13.3. The number of rotatable bonds is 7. The fourth-order valence-corrected chi connectivity index (χ4v) is 2.36. The summed E-state index contributed by atoms with van der Waals surface area (Å²) in [6.07, 6.45) is 1.89. The van der Waals surface area contributed by atoms with E-state index >= 15 is 0 Å². The minimum Gasteiger partial charge on any atom is -0.481 e. The van der Waals surface area contributed by atoms with Gasteiger partial charge in [0.2, 0.25) is 0 Å². The monoisotopic (exact) mass is 341 g/mol. The first-order chi connectivity index (χ1) is 11.8. The molecule has 0 aliphatic rings. The molecule has 1 heterocycles. The van der Waals surface area contributed by atoms with Crippen LogP contribution in [0.2, 0.25) is 0 Å². The number of para-hydroxylation sites is 1. The van der Waals surface area contributed by atoms with Gasteiger partial charge in [0, 0.05) is 30.9 Å². The standard InChI is InChI=1S/C19H23N3O3/c1-19(2,12-11-17(23)24)21-18(25)14-9-10-16(20-13-14)22(3)15-7-5-4-6-8-15/h4-10,13H,11-12H2,1-3H3,(H,21,25)(H,23,24). The summed E-state index contributed by atoms with van der Waals surface area (Å²) in [5, 5.41) is 11.6. The highest BCUT2D eigenvalue weighted by Crippen LogP contribution is 2.21. The molecule has 2 N–H and O–H groups in total. The highest BCUT2D eigenvalue weighted by molar-refractivity contribution is 5.94. The second-order valence-corrected chi connectivity index (χ2v) is 6.53. The molecule has 6 heteroatoms. The third kappa shape index (κ3) is 5.31. The number of hydrogen-bond acceptors (Lipinski definition) is 4. The van der Waals surface area contributed by atoms with Crippen LogP contribution in [-0.2, 0) is 4.79 Å². The largest absolute Gasteiger partial charge is 0.481 e. The van der Waals surface area contributed by atoms with Crippen molar-refractivity contribution in [1.82, 2.24) is 10.3 Å². The molecule has 0 saturated carbocycles. The SMILES string of the molecule is CN(c1ccccc1)c1ccc(C(=O)NC(C)(C)CCC(=O)O)cn1. The Labute approximate surface area is 147 Å². The van der Waals surface area contributed by atoms with Crippen LogP contribution in [0.1, 0.15) is 37.0 Å². The number of nitrogens with zero attached hydrogens (tertiary/aromatic N) is 2. The maximum atomic E-state index is 12.3. The number of aromatic nitrogens is 1. The number of pyridine rings is 1. The first-order valence-electron chi connectivity index (χ1n) is 8.08. The summed E-state index contributed by atoms with van der Waals surface area (Å²) < 4.78 is 0. The van der Waals surface area contributed by atoms with E-state index in [9.17, 15) is 9.59 Å². The molecule has 0 radical (unpaired) electrons. The van der Waals surface area contributed by atoms with Crippen LogP contribution in [0.5, 0.6) is 0 Å². The van der Waals surface area contributed by atoms with Crippen molar-refractivity contribution >= 4 is 23.4 Å². The van der Waals surface area contributed by atoms with Gasteiger partial charge in [-0.25, -0.2) is 4.98 Å². The van der Waals surface area contributed by atoms with Gasteiger partial charge in [-0.1, -0.05) is 18.2 Å². The van der Waals surface area contributed by atoms with E-state index < -0.39 is 11.5 Å². The Balaban J connectivity index is 2.04. The molecule has 0 atom stereocenters. The number of amides is 1. The van der Waals surface area contributed by atoms with Crippen LogP contribution in [0.3, 0.4) is 0 Å². The fourth-order valence-electron chi connectivity index (χ4n) is 2.36. The topological polar surface area (TPSA) is 82.5 Å². The number of nitrogens with one attached hydrogen (secondary N) is 1. The van der Waals surface area contributed by atoms with Crippen molar-refractivity contribution in [2.24, 2.45) is 0 Å². The Hall–Kier alpha value is -2.89. The lowest BCUT2D eigenvalue weighted by molar-refractivity contribution is -0.137. The van der Waals surface area contributed by atoms with Gasteiger partial charge in [-0.15, -0.1) is 0 Å². The smallest absolute Gasteiger partial charge is 0.303 e. The van der Waals surface area contributed by atoms with Crippen LogP contribution in [-0.4, -0.2) is 34.6 Å². The summed E-state index contributed by atoms with van der Waals surface area (Å²) in [5.41, 5.74) is 0.838. The van der Waals surface area contributed by atoms with Crippen molar-refractivity contribution in [1.29, 1.82) is 0 Å². The molecule has 0 fully saturated rings. The second kappa shape index (κ2) is 7.79. The second-order valence-electron chi connectivity index (χ2n) is 6.53. The minimum absolute atomic E-state index is 0.00629. The predicted molar refractivity (Wildman–Crippen MR) is 97.2 cm³/mol. The lowest BCUT2D eigenvalue weighted by Gasteiger charge is -2.25. The summed E-state index contributed by atoms with van der Waals surface area (Å²) in [4.78, 5) is 29.3. The molecule has 132 valence electrons. The van der Waals surface area contributed by atoms with Crippen molar-refractivity contribution in [3.63, 3.8) is 0 Å². The molecule has 0 aliphatic carbocycles. The summed E-state index contributed by atoms with van der Waals surface area (Å²) in [6.45, 7) is 3.61. The van der Waals surface area contributed by atoms with Gasteiger partial charge in [0.25, 0.3) is 5.91 Å². The molecular formula is C19H23N3O3. The van der Waals surface area contributed by atoms with Crippen molar-refractivity contribution in [2.75, 3.05) is 11.9 Å². The lowest BCUT2D eigenvalue weighted by Crippen LogP contribution is -2.43. The fraction of sp³-hybridized carbons (Fsp3) is 0.316. The van der Waals surface area contributed by atoms with E-state index in [1.165, 1.54) is 6.20 Å². The molecule has 1 amide bonds. The molecule has 0 bridgehead atoms. The van der Waals surface area contributed by atoms with Crippen LogP contribution >= 0.6 is 0 Å². The van der Waals surface area contributed by atoms with Crippen LogP contribution < -0.4 is 10.2 Å². The van der Waals surface area contributed by atoms with E-state index in [4.69, 9.17) is 5.11 Å². The highest BCUT2D eigenvalue weighted by atomic mass is 16.4.